The lowest BCUT2D eigenvalue weighted by Crippen LogP contribution is -2.44. The molecule has 0 aliphatic carbocycles. The summed E-state index contributed by atoms with van der Waals surface area (Å²) in [5.74, 6) is -3.45. The number of carbonyl (C=O) groups is 4. The summed E-state index contributed by atoms with van der Waals surface area (Å²) in [6, 6.07) is 14.8. The Kier molecular flexibility index (Phi) is 7.04. The summed E-state index contributed by atoms with van der Waals surface area (Å²) < 4.78 is 44.9. The molecule has 1 aliphatic heterocycles. The van der Waals surface area contributed by atoms with Crippen molar-refractivity contribution in [3.8, 4) is 0 Å². The van der Waals surface area contributed by atoms with Crippen LogP contribution in [0.25, 0.3) is 0 Å². The van der Waals surface area contributed by atoms with E-state index in [4.69, 9.17) is 16.3 Å². The van der Waals surface area contributed by atoms with E-state index >= 15 is 0 Å². The minimum Gasteiger partial charge on any atom is -0.446 e. The maximum absolute atomic E-state index is 13.1. The van der Waals surface area contributed by atoms with Crippen LogP contribution in [0, 0.1) is 0 Å². The quantitative estimate of drug-likeness (QED) is 0.346. The van der Waals surface area contributed by atoms with E-state index < -0.39 is 47.6 Å². The van der Waals surface area contributed by atoms with Crippen LogP contribution in [0.5, 0.6) is 0 Å². The van der Waals surface area contributed by atoms with Crippen molar-refractivity contribution in [2.45, 2.75) is 25.2 Å². The van der Waals surface area contributed by atoms with E-state index in [1.807, 2.05) is 0 Å². The molecular weight excluding hydrogens is 513 g/mol. The second-order valence-corrected chi connectivity index (χ2v) is 8.52. The average molecular weight is 531 g/mol. The van der Waals surface area contributed by atoms with Gasteiger partial charge in [0.2, 0.25) is 6.10 Å². The number of benzene rings is 3. The van der Waals surface area contributed by atoms with Gasteiger partial charge in [0.15, 0.2) is 0 Å². The second-order valence-electron chi connectivity index (χ2n) is 8.11. The van der Waals surface area contributed by atoms with Crippen molar-refractivity contribution in [1.29, 1.82) is 0 Å². The molecule has 0 saturated carbocycles. The highest BCUT2D eigenvalue weighted by Crippen LogP contribution is 2.34. The van der Waals surface area contributed by atoms with Crippen molar-refractivity contribution in [1.82, 2.24) is 4.90 Å². The molecule has 190 valence electrons. The summed E-state index contributed by atoms with van der Waals surface area (Å²) in [5.41, 5.74) is -0.926. The van der Waals surface area contributed by atoms with Crippen molar-refractivity contribution in [3.63, 3.8) is 0 Å². The third-order valence-electron chi connectivity index (χ3n) is 5.68. The van der Waals surface area contributed by atoms with E-state index in [9.17, 15) is 32.3 Å². The molecule has 0 radical (unpaired) electrons. The van der Waals surface area contributed by atoms with Crippen LogP contribution in [0.2, 0.25) is 5.02 Å². The molecule has 2 atom stereocenters. The number of nitrogens with zero attached hydrogens (tertiary/aromatic N) is 1. The van der Waals surface area contributed by atoms with Gasteiger partial charge in [-0.15, -0.1) is 0 Å². The van der Waals surface area contributed by atoms with Crippen LogP contribution < -0.4 is 5.32 Å². The molecule has 7 nitrogen and oxygen atoms in total. The molecule has 1 N–H and O–H groups in total. The Morgan fingerprint density at radius 3 is 2.05 bits per heavy atom. The zero-order valence-corrected chi connectivity index (χ0v) is 19.8. The van der Waals surface area contributed by atoms with Crippen molar-refractivity contribution < 1.29 is 37.1 Å². The van der Waals surface area contributed by atoms with Gasteiger partial charge in [0.25, 0.3) is 17.7 Å². The van der Waals surface area contributed by atoms with Crippen molar-refractivity contribution in [2.24, 2.45) is 0 Å². The standard InChI is InChI=1S/C26H18ClF3N2O5/c1-14(32-23(34)17-9-5-6-10-18(17)24(32)35)25(36)37-21(15-7-3-2-4-8-15)22(33)31-20-13-16(26(28,29)30)11-12-19(20)27/h2-14,21H,1H3,(H,31,33)/t14-,21-/m0/s1. The maximum atomic E-state index is 13.1. The Morgan fingerprint density at radius 2 is 1.49 bits per heavy atom. The normalized spacial score (nSPS) is 14.7. The molecule has 3 amide bonds. The van der Waals surface area contributed by atoms with Crippen LogP contribution >= 0.6 is 11.6 Å². The number of fused-ring (bicyclic) bond motifs is 1. The first kappa shape index (κ1) is 25.9. The second kappa shape index (κ2) is 10.1. The Morgan fingerprint density at radius 1 is 0.919 bits per heavy atom. The van der Waals surface area contributed by atoms with E-state index in [2.05, 4.69) is 5.32 Å². The molecule has 0 spiro atoms. The molecule has 3 aromatic carbocycles. The smallest absolute Gasteiger partial charge is 0.416 e. The van der Waals surface area contributed by atoms with Gasteiger partial charge in [-0.1, -0.05) is 54.1 Å². The summed E-state index contributed by atoms with van der Waals surface area (Å²) in [6.45, 7) is 1.27. The summed E-state index contributed by atoms with van der Waals surface area (Å²) in [4.78, 5) is 52.4. The summed E-state index contributed by atoms with van der Waals surface area (Å²) >= 11 is 5.99. The lowest BCUT2D eigenvalue weighted by molar-refractivity contribution is -0.158. The number of amides is 3. The number of hydrogen-bond donors (Lipinski definition) is 1. The third kappa shape index (κ3) is 5.19. The molecule has 0 bridgehead atoms. The zero-order chi connectivity index (χ0) is 26.9. The van der Waals surface area contributed by atoms with Gasteiger partial charge in [-0.05, 0) is 37.3 Å². The fraction of sp³-hybridized carbons (Fsp3) is 0.154. The molecule has 0 saturated heterocycles. The van der Waals surface area contributed by atoms with Gasteiger partial charge in [-0.2, -0.15) is 13.2 Å². The summed E-state index contributed by atoms with van der Waals surface area (Å²) in [6.07, 6.45) is -6.31. The number of anilines is 1. The van der Waals surface area contributed by atoms with E-state index in [1.54, 1.807) is 30.3 Å². The van der Waals surface area contributed by atoms with Gasteiger partial charge >= 0.3 is 12.1 Å². The van der Waals surface area contributed by atoms with E-state index in [1.165, 1.54) is 31.2 Å². The SMILES string of the molecule is C[C@@H](C(=O)O[C@H](C(=O)Nc1cc(C(F)(F)F)ccc1Cl)c1ccccc1)N1C(=O)c2ccccc2C1=O. The Balaban J connectivity index is 1.59. The molecule has 0 unspecified atom stereocenters. The lowest BCUT2D eigenvalue weighted by Gasteiger charge is -2.24. The first-order valence-corrected chi connectivity index (χ1v) is 11.3. The highest BCUT2D eigenvalue weighted by Gasteiger charge is 2.42. The fourth-order valence-corrected chi connectivity index (χ4v) is 3.94. The van der Waals surface area contributed by atoms with Crippen LogP contribution in [0.1, 0.15) is 44.9 Å². The molecule has 37 heavy (non-hydrogen) atoms. The number of nitrogens with one attached hydrogen (secondary N) is 1. The fourth-order valence-electron chi connectivity index (χ4n) is 3.78. The van der Waals surface area contributed by atoms with Gasteiger partial charge in [0, 0.05) is 5.56 Å². The van der Waals surface area contributed by atoms with Crippen LogP contribution in [0.15, 0.2) is 72.8 Å². The third-order valence-corrected chi connectivity index (χ3v) is 6.01. The zero-order valence-electron chi connectivity index (χ0n) is 19.1. The summed E-state index contributed by atoms with van der Waals surface area (Å²) in [7, 11) is 0. The number of rotatable bonds is 6. The Hall–Kier alpha value is -4.18. The summed E-state index contributed by atoms with van der Waals surface area (Å²) in [5, 5.41) is 2.10. The number of ether oxygens (including phenoxy) is 1. The van der Waals surface area contributed by atoms with Gasteiger partial charge in [-0.3, -0.25) is 19.3 Å². The first-order chi connectivity index (χ1) is 17.5. The van der Waals surface area contributed by atoms with Gasteiger partial charge < -0.3 is 10.1 Å². The van der Waals surface area contributed by atoms with Crippen LogP contribution in [-0.2, 0) is 20.5 Å². The van der Waals surface area contributed by atoms with E-state index in [0.29, 0.717) is 6.07 Å². The minimum atomic E-state index is -4.68. The van der Waals surface area contributed by atoms with E-state index in [0.717, 1.165) is 17.0 Å². The van der Waals surface area contributed by atoms with Crippen LogP contribution in [-0.4, -0.2) is 34.6 Å². The maximum Gasteiger partial charge on any atom is 0.416 e. The number of halogens is 4. The number of imide groups is 1. The van der Waals surface area contributed by atoms with Crippen molar-refractivity contribution in [2.75, 3.05) is 5.32 Å². The van der Waals surface area contributed by atoms with E-state index in [-0.39, 0.29) is 27.4 Å². The molecule has 11 heteroatoms. The Labute approximate surface area is 213 Å². The van der Waals surface area contributed by atoms with Crippen molar-refractivity contribution >= 4 is 41.0 Å². The number of hydrogen-bond acceptors (Lipinski definition) is 5. The predicted octanol–water partition coefficient (Wildman–Crippen LogP) is 5.27. The lowest BCUT2D eigenvalue weighted by atomic mass is 10.1. The number of esters is 1. The molecule has 1 aliphatic rings. The number of alkyl halides is 3. The molecule has 3 aromatic rings. The largest absolute Gasteiger partial charge is 0.446 e. The number of carbonyl (C=O) groups excluding carboxylic acids is 4. The van der Waals surface area contributed by atoms with Crippen molar-refractivity contribution in [3.05, 3.63) is 100 Å². The van der Waals surface area contributed by atoms with Gasteiger partial charge in [0.1, 0.15) is 6.04 Å². The predicted molar refractivity (Wildman–Crippen MR) is 127 cm³/mol. The highest BCUT2D eigenvalue weighted by molar-refractivity contribution is 6.33. The average Bonchev–Trinajstić information content (AvgIpc) is 3.12. The molecular formula is C26H18ClF3N2O5. The van der Waals surface area contributed by atoms with Gasteiger partial charge in [-0.25, -0.2) is 4.79 Å². The highest BCUT2D eigenvalue weighted by atomic mass is 35.5. The van der Waals surface area contributed by atoms with Crippen LogP contribution in [0.3, 0.4) is 0 Å². The topological polar surface area (TPSA) is 92.8 Å². The van der Waals surface area contributed by atoms with Crippen LogP contribution in [0.4, 0.5) is 18.9 Å². The monoisotopic (exact) mass is 530 g/mol. The minimum absolute atomic E-state index is 0.128. The molecule has 1 heterocycles. The molecule has 4 rings (SSSR count). The van der Waals surface area contributed by atoms with Gasteiger partial charge in [0.05, 0.1) is 27.4 Å². The first-order valence-electron chi connectivity index (χ1n) is 10.9. The Bertz CT molecular complexity index is 1360. The molecule has 0 aromatic heterocycles. The molecule has 0 fully saturated rings.